The second kappa shape index (κ2) is 7.38. The van der Waals surface area contributed by atoms with E-state index < -0.39 is 0 Å². The van der Waals surface area contributed by atoms with E-state index in [1.807, 2.05) is 12.3 Å². The monoisotopic (exact) mass is 361 g/mol. The molecule has 1 aromatic heterocycles. The molecule has 0 amide bonds. The Bertz CT molecular complexity index is 574. The molecule has 4 aliphatic carbocycles. The van der Waals surface area contributed by atoms with Crippen LogP contribution in [0.25, 0.3) is 0 Å². The average Bonchev–Trinajstić information content (AvgIpc) is 2.98. The Balaban J connectivity index is 1.21. The molecule has 0 spiro atoms. The summed E-state index contributed by atoms with van der Waals surface area (Å²) in [6.07, 6.45) is 14.6. The molecule has 1 heterocycles. The van der Waals surface area contributed by atoms with E-state index in [0.717, 1.165) is 29.9 Å². The van der Waals surface area contributed by atoms with Crippen molar-refractivity contribution in [2.24, 2.45) is 23.2 Å². The fourth-order valence-corrected chi connectivity index (χ4v) is 7.12. The Morgan fingerprint density at radius 1 is 1.20 bits per heavy atom. The van der Waals surface area contributed by atoms with E-state index in [1.54, 1.807) is 30.6 Å². The van der Waals surface area contributed by atoms with E-state index in [-0.39, 0.29) is 5.97 Å². The number of hydrogen-bond donors (Lipinski definition) is 0. The number of rotatable bonds is 8. The van der Waals surface area contributed by atoms with E-state index >= 15 is 0 Å². The second-order valence-electron chi connectivity index (χ2n) is 8.84. The van der Waals surface area contributed by atoms with Gasteiger partial charge in [-0.05, 0) is 87.9 Å². The molecule has 0 unspecified atom stereocenters. The van der Waals surface area contributed by atoms with Crippen LogP contribution in [-0.4, -0.2) is 17.6 Å². The van der Waals surface area contributed by atoms with Crippen molar-refractivity contribution in [3.63, 3.8) is 0 Å². The Morgan fingerprint density at radius 3 is 2.52 bits per heavy atom. The van der Waals surface area contributed by atoms with Gasteiger partial charge in [-0.3, -0.25) is 4.79 Å². The average molecular weight is 362 g/mol. The fraction of sp³-hybridized carbons (Fsp3) is 0.810. The highest BCUT2D eigenvalue weighted by atomic mass is 32.1. The molecule has 0 saturated heterocycles. The van der Waals surface area contributed by atoms with E-state index in [1.165, 1.54) is 43.5 Å². The van der Waals surface area contributed by atoms with Crippen LogP contribution in [0, 0.1) is 23.2 Å². The molecule has 0 radical (unpaired) electrons. The normalized spacial score (nSPS) is 32.9. The summed E-state index contributed by atoms with van der Waals surface area (Å²) in [6.45, 7) is 2.29. The van der Waals surface area contributed by atoms with Gasteiger partial charge in [0.15, 0.2) is 0 Å². The molecule has 25 heavy (non-hydrogen) atoms. The number of nitrogens with zero attached hydrogens (tertiary/aromatic N) is 1. The third-order valence-electron chi connectivity index (χ3n) is 6.74. The lowest BCUT2D eigenvalue weighted by atomic mass is 9.48. The van der Waals surface area contributed by atoms with Crippen LogP contribution in [0.5, 0.6) is 0 Å². The first-order chi connectivity index (χ1) is 12.1. The number of hydrogen-bond acceptors (Lipinski definition) is 4. The molecule has 3 nitrogen and oxygen atoms in total. The van der Waals surface area contributed by atoms with Gasteiger partial charge in [0.25, 0.3) is 0 Å². The number of aromatic nitrogens is 1. The van der Waals surface area contributed by atoms with Gasteiger partial charge in [-0.1, -0.05) is 6.42 Å². The van der Waals surface area contributed by atoms with Crippen molar-refractivity contribution in [1.29, 1.82) is 0 Å². The van der Waals surface area contributed by atoms with Gasteiger partial charge in [-0.2, -0.15) is 0 Å². The van der Waals surface area contributed by atoms with Gasteiger partial charge < -0.3 is 4.74 Å². The summed E-state index contributed by atoms with van der Waals surface area (Å²) in [5, 5.41) is 3.20. The van der Waals surface area contributed by atoms with Crippen molar-refractivity contribution >= 4 is 17.3 Å². The van der Waals surface area contributed by atoms with Crippen molar-refractivity contribution in [2.75, 3.05) is 6.61 Å². The van der Waals surface area contributed by atoms with Crippen LogP contribution in [0.2, 0.25) is 0 Å². The van der Waals surface area contributed by atoms with Gasteiger partial charge >= 0.3 is 5.97 Å². The van der Waals surface area contributed by atoms with Crippen molar-refractivity contribution in [3.05, 3.63) is 16.1 Å². The highest BCUT2D eigenvalue weighted by molar-refractivity contribution is 7.09. The van der Waals surface area contributed by atoms with Crippen molar-refractivity contribution < 1.29 is 9.53 Å². The van der Waals surface area contributed by atoms with Gasteiger partial charge in [0.2, 0.25) is 0 Å². The Labute approximate surface area is 155 Å². The highest BCUT2D eigenvalue weighted by Gasteiger charge is 2.50. The number of carbonyl (C=O) groups is 1. The predicted molar refractivity (Wildman–Crippen MR) is 101 cm³/mol. The van der Waals surface area contributed by atoms with E-state index in [4.69, 9.17) is 4.74 Å². The van der Waals surface area contributed by atoms with Crippen LogP contribution in [0.15, 0.2) is 5.38 Å². The smallest absolute Gasteiger partial charge is 0.311 e. The topological polar surface area (TPSA) is 39.2 Å². The molecule has 4 fully saturated rings. The SMILES string of the molecule is CCOC(=O)Cc1csc(CCCCC23CC4CC(CC(C4)C2)C3)n1. The molecule has 0 N–H and O–H groups in total. The maximum atomic E-state index is 11.5. The molecular weight excluding hydrogens is 330 g/mol. The molecule has 5 rings (SSSR count). The van der Waals surface area contributed by atoms with Crippen molar-refractivity contribution in [1.82, 2.24) is 4.98 Å². The van der Waals surface area contributed by atoms with Crippen LogP contribution in [-0.2, 0) is 22.4 Å². The molecule has 138 valence electrons. The lowest BCUT2D eigenvalue weighted by Crippen LogP contribution is -2.45. The number of carbonyl (C=O) groups excluding carboxylic acids is 1. The first kappa shape index (κ1) is 17.5. The third kappa shape index (κ3) is 4.10. The first-order valence-electron chi connectivity index (χ1n) is 10.2. The third-order valence-corrected chi connectivity index (χ3v) is 7.70. The molecular formula is C21H31NO2S. The maximum absolute atomic E-state index is 11.5. The van der Waals surface area contributed by atoms with Crippen molar-refractivity contribution in [3.8, 4) is 0 Å². The summed E-state index contributed by atoms with van der Waals surface area (Å²) in [7, 11) is 0. The van der Waals surface area contributed by atoms with Gasteiger partial charge in [-0.25, -0.2) is 4.98 Å². The zero-order valence-corrected chi connectivity index (χ0v) is 16.3. The Hall–Kier alpha value is -0.900. The Kier molecular flexibility index (Phi) is 5.17. The van der Waals surface area contributed by atoms with Crippen LogP contribution < -0.4 is 0 Å². The largest absolute Gasteiger partial charge is 0.466 e. The van der Waals surface area contributed by atoms with E-state index in [2.05, 4.69) is 4.98 Å². The summed E-state index contributed by atoms with van der Waals surface area (Å²) >= 11 is 1.70. The van der Waals surface area contributed by atoms with Gasteiger partial charge in [-0.15, -0.1) is 11.3 Å². The van der Waals surface area contributed by atoms with Crippen LogP contribution in [0.3, 0.4) is 0 Å². The van der Waals surface area contributed by atoms with Crippen LogP contribution in [0.1, 0.15) is 75.4 Å². The van der Waals surface area contributed by atoms with Gasteiger partial charge in [0.05, 0.1) is 23.7 Å². The zero-order valence-electron chi connectivity index (χ0n) is 15.5. The summed E-state index contributed by atoms with van der Waals surface area (Å²) in [6, 6.07) is 0. The second-order valence-corrected chi connectivity index (χ2v) is 9.78. The quantitative estimate of drug-likeness (QED) is 0.473. The minimum atomic E-state index is -0.166. The summed E-state index contributed by atoms with van der Waals surface area (Å²) in [5.74, 6) is 3.03. The van der Waals surface area contributed by atoms with Gasteiger partial charge in [0.1, 0.15) is 0 Å². The molecule has 0 atom stereocenters. The summed E-state index contributed by atoms with van der Waals surface area (Å²) in [5.41, 5.74) is 1.59. The van der Waals surface area contributed by atoms with Crippen LogP contribution >= 0.6 is 11.3 Å². The molecule has 1 aromatic rings. The molecule has 0 aromatic carbocycles. The zero-order chi connectivity index (χ0) is 17.3. The fourth-order valence-electron chi connectivity index (χ4n) is 6.28. The first-order valence-corrected chi connectivity index (χ1v) is 11.1. The number of unbranched alkanes of at least 4 members (excludes halogenated alkanes) is 1. The predicted octanol–water partition coefficient (Wildman–Crippen LogP) is 5.18. The number of aryl methyl sites for hydroxylation is 1. The Morgan fingerprint density at radius 2 is 1.88 bits per heavy atom. The lowest BCUT2D eigenvalue weighted by molar-refractivity contribution is -0.142. The highest BCUT2D eigenvalue weighted by Crippen LogP contribution is 2.61. The summed E-state index contributed by atoms with van der Waals surface area (Å²) in [4.78, 5) is 16.1. The molecule has 4 saturated carbocycles. The standard InChI is InChI=1S/C21H31NO2S/c1-2-24-20(23)10-18-14-25-19(22-18)5-3-4-6-21-11-15-7-16(12-21)9-17(8-15)13-21/h14-17H,2-13H2,1H3. The van der Waals surface area contributed by atoms with Gasteiger partial charge in [0, 0.05) is 5.38 Å². The van der Waals surface area contributed by atoms with Crippen LogP contribution in [0.4, 0.5) is 0 Å². The minimum absolute atomic E-state index is 0.166. The van der Waals surface area contributed by atoms with E-state index in [0.29, 0.717) is 18.4 Å². The number of esters is 1. The number of ether oxygens (including phenoxy) is 1. The number of thiazole rings is 1. The minimum Gasteiger partial charge on any atom is -0.466 e. The molecule has 0 aliphatic heterocycles. The summed E-state index contributed by atoms with van der Waals surface area (Å²) < 4.78 is 5.00. The lowest BCUT2D eigenvalue weighted by Gasteiger charge is -2.57. The van der Waals surface area contributed by atoms with E-state index in [9.17, 15) is 4.79 Å². The maximum Gasteiger partial charge on any atom is 0.311 e. The van der Waals surface area contributed by atoms with Crippen molar-refractivity contribution in [2.45, 2.75) is 77.6 Å². The molecule has 4 aliphatic rings. The molecule has 4 bridgehead atoms. The molecule has 4 heteroatoms.